The van der Waals surface area contributed by atoms with Crippen molar-refractivity contribution in [2.24, 2.45) is 5.73 Å². The van der Waals surface area contributed by atoms with Gasteiger partial charge >= 0.3 is 0 Å². The number of fused-ring (bicyclic) bond motifs is 1. The fraction of sp³-hybridized carbons (Fsp3) is 0.105. The number of nitrogens with two attached hydrogens (primary N) is 1. The number of nitrogens with zero attached hydrogens (tertiary/aromatic N) is 1. The van der Waals surface area contributed by atoms with Gasteiger partial charge in [-0.2, -0.15) is 0 Å². The quantitative estimate of drug-likeness (QED) is 0.667. The summed E-state index contributed by atoms with van der Waals surface area (Å²) in [5.74, 6) is -1.92. The molecule has 0 radical (unpaired) electrons. The highest BCUT2D eigenvalue weighted by Gasteiger charge is 2.22. The predicted molar refractivity (Wildman–Crippen MR) is 98.5 cm³/mol. The van der Waals surface area contributed by atoms with E-state index in [1.54, 1.807) is 43.3 Å². The topological polar surface area (TPSA) is 114 Å². The van der Waals surface area contributed by atoms with Gasteiger partial charge in [-0.1, -0.05) is 24.3 Å². The van der Waals surface area contributed by atoms with Gasteiger partial charge in [-0.3, -0.25) is 14.4 Å². The minimum Gasteiger partial charge on any atom is -0.506 e. The molecule has 1 heterocycles. The predicted octanol–water partition coefficient (Wildman–Crippen LogP) is 2.08. The average molecular weight is 351 g/mol. The van der Waals surface area contributed by atoms with Gasteiger partial charge in [-0.25, -0.2) is 0 Å². The van der Waals surface area contributed by atoms with Crippen LogP contribution < -0.4 is 16.6 Å². The zero-order valence-electron chi connectivity index (χ0n) is 14.0. The molecule has 0 atom stereocenters. The summed E-state index contributed by atoms with van der Waals surface area (Å²) in [6.45, 7) is 2.10. The summed E-state index contributed by atoms with van der Waals surface area (Å²) < 4.78 is 1.41. The van der Waals surface area contributed by atoms with Crippen molar-refractivity contribution in [3.05, 3.63) is 70.0 Å². The molecule has 0 saturated heterocycles. The summed E-state index contributed by atoms with van der Waals surface area (Å²) in [4.78, 5) is 36.9. The normalized spacial score (nSPS) is 10.7. The smallest absolute Gasteiger partial charge is 0.267 e. The van der Waals surface area contributed by atoms with Crippen LogP contribution in [0.3, 0.4) is 0 Å². The maximum atomic E-state index is 12.7. The van der Waals surface area contributed by atoms with Crippen LogP contribution in [-0.4, -0.2) is 21.5 Å². The number of primary amides is 1. The minimum atomic E-state index is -0.811. The largest absolute Gasteiger partial charge is 0.506 e. The number of anilines is 1. The molecule has 0 bridgehead atoms. The highest BCUT2D eigenvalue weighted by atomic mass is 16.3. The number of rotatable bonds is 4. The number of aryl methyl sites for hydroxylation is 1. The van der Waals surface area contributed by atoms with Crippen LogP contribution in [-0.2, 0) is 6.54 Å². The van der Waals surface area contributed by atoms with E-state index in [1.807, 2.05) is 0 Å². The average Bonchev–Trinajstić information content (AvgIpc) is 2.62. The number of para-hydroxylation sites is 2. The Kier molecular flexibility index (Phi) is 4.45. The van der Waals surface area contributed by atoms with Gasteiger partial charge in [0.2, 0.25) is 0 Å². The Morgan fingerprint density at radius 2 is 1.77 bits per heavy atom. The van der Waals surface area contributed by atoms with Gasteiger partial charge in [0.15, 0.2) is 0 Å². The van der Waals surface area contributed by atoms with Crippen LogP contribution in [0.4, 0.5) is 5.69 Å². The first-order valence-electron chi connectivity index (χ1n) is 8.00. The molecule has 0 aliphatic rings. The van der Waals surface area contributed by atoms with Gasteiger partial charge in [0, 0.05) is 11.9 Å². The molecule has 2 amide bonds. The summed E-state index contributed by atoms with van der Waals surface area (Å²) in [6.07, 6.45) is 0. The second kappa shape index (κ2) is 6.72. The fourth-order valence-corrected chi connectivity index (χ4v) is 2.90. The first-order valence-corrected chi connectivity index (χ1v) is 8.00. The van der Waals surface area contributed by atoms with Crippen molar-refractivity contribution in [2.45, 2.75) is 13.5 Å². The third-order valence-electron chi connectivity index (χ3n) is 4.13. The van der Waals surface area contributed by atoms with Crippen molar-refractivity contribution >= 4 is 28.4 Å². The van der Waals surface area contributed by atoms with Crippen molar-refractivity contribution in [2.75, 3.05) is 5.32 Å². The second-order valence-corrected chi connectivity index (χ2v) is 5.65. The summed E-state index contributed by atoms with van der Waals surface area (Å²) in [5.41, 5.74) is 5.11. The summed E-state index contributed by atoms with van der Waals surface area (Å²) in [6, 6.07) is 13.0. The van der Waals surface area contributed by atoms with Crippen molar-refractivity contribution < 1.29 is 14.7 Å². The summed E-state index contributed by atoms with van der Waals surface area (Å²) in [7, 11) is 0. The van der Waals surface area contributed by atoms with Crippen LogP contribution in [0.2, 0.25) is 0 Å². The Balaban J connectivity index is 2.16. The third-order valence-corrected chi connectivity index (χ3v) is 4.13. The number of hydrogen-bond donors (Lipinski definition) is 3. The molecule has 0 unspecified atom stereocenters. The van der Waals surface area contributed by atoms with Crippen LogP contribution in [0.1, 0.15) is 27.6 Å². The van der Waals surface area contributed by atoms with Crippen LogP contribution in [0.15, 0.2) is 53.3 Å². The lowest BCUT2D eigenvalue weighted by Crippen LogP contribution is -2.30. The standard InChI is InChI=1S/C19H17N3O4/c1-2-22-14-10-6-4-8-12(14)16(23)15(19(22)26)18(25)21-13-9-5-3-7-11(13)17(20)24/h3-10,23H,2H2,1H3,(H2,20,24)(H,21,25). The van der Waals surface area contributed by atoms with E-state index in [0.717, 1.165) is 0 Å². The number of carbonyl (C=O) groups is 2. The Morgan fingerprint density at radius 1 is 1.12 bits per heavy atom. The molecular formula is C19H17N3O4. The molecule has 132 valence electrons. The zero-order valence-corrected chi connectivity index (χ0v) is 14.0. The molecule has 2 aromatic carbocycles. The Morgan fingerprint density at radius 3 is 2.46 bits per heavy atom. The van der Waals surface area contributed by atoms with E-state index in [9.17, 15) is 19.5 Å². The van der Waals surface area contributed by atoms with Crippen LogP contribution in [0.25, 0.3) is 10.9 Å². The van der Waals surface area contributed by atoms with E-state index in [0.29, 0.717) is 17.4 Å². The lowest BCUT2D eigenvalue weighted by Gasteiger charge is -2.14. The second-order valence-electron chi connectivity index (χ2n) is 5.65. The monoisotopic (exact) mass is 351 g/mol. The molecular weight excluding hydrogens is 334 g/mol. The van der Waals surface area contributed by atoms with Crippen LogP contribution >= 0.6 is 0 Å². The molecule has 7 heteroatoms. The SMILES string of the molecule is CCn1c(=O)c(C(=O)Nc2ccccc2C(N)=O)c(O)c2ccccc21. The molecule has 7 nitrogen and oxygen atoms in total. The number of amides is 2. The molecule has 0 aliphatic carbocycles. The number of aromatic hydroxyl groups is 1. The molecule has 0 fully saturated rings. The van der Waals surface area contributed by atoms with E-state index in [1.165, 1.54) is 16.7 Å². The molecule has 4 N–H and O–H groups in total. The van der Waals surface area contributed by atoms with Gasteiger partial charge in [0.05, 0.1) is 16.8 Å². The number of hydrogen-bond acceptors (Lipinski definition) is 4. The third kappa shape index (κ3) is 2.79. The van der Waals surface area contributed by atoms with E-state index in [2.05, 4.69) is 5.32 Å². The summed E-state index contributed by atoms with van der Waals surface area (Å²) in [5, 5.41) is 13.4. The molecule has 3 aromatic rings. The first-order chi connectivity index (χ1) is 12.5. The van der Waals surface area contributed by atoms with Gasteiger partial charge in [-0.15, -0.1) is 0 Å². The van der Waals surface area contributed by atoms with Gasteiger partial charge < -0.3 is 20.7 Å². The van der Waals surface area contributed by atoms with Gasteiger partial charge in [0.25, 0.3) is 17.4 Å². The first kappa shape index (κ1) is 17.2. The highest BCUT2D eigenvalue weighted by Crippen LogP contribution is 2.27. The van der Waals surface area contributed by atoms with Crippen LogP contribution in [0, 0.1) is 0 Å². The van der Waals surface area contributed by atoms with Crippen molar-refractivity contribution in [3.63, 3.8) is 0 Å². The number of aromatic nitrogens is 1. The van der Waals surface area contributed by atoms with Gasteiger partial charge in [0.1, 0.15) is 11.3 Å². The van der Waals surface area contributed by atoms with E-state index in [-0.39, 0.29) is 16.8 Å². The Bertz CT molecular complexity index is 1090. The lowest BCUT2D eigenvalue weighted by molar-refractivity contribution is 0.100. The highest BCUT2D eigenvalue weighted by molar-refractivity contribution is 6.11. The maximum Gasteiger partial charge on any atom is 0.267 e. The molecule has 0 saturated carbocycles. The fourth-order valence-electron chi connectivity index (χ4n) is 2.90. The minimum absolute atomic E-state index is 0.108. The van der Waals surface area contributed by atoms with E-state index >= 15 is 0 Å². The van der Waals surface area contributed by atoms with E-state index in [4.69, 9.17) is 5.73 Å². The number of benzene rings is 2. The summed E-state index contributed by atoms with van der Waals surface area (Å²) >= 11 is 0. The number of carbonyl (C=O) groups excluding carboxylic acids is 2. The zero-order chi connectivity index (χ0) is 18.8. The Labute approximate surface area is 148 Å². The molecule has 3 rings (SSSR count). The number of nitrogens with one attached hydrogen (secondary N) is 1. The molecule has 26 heavy (non-hydrogen) atoms. The van der Waals surface area contributed by atoms with Crippen molar-refractivity contribution in [1.29, 1.82) is 0 Å². The van der Waals surface area contributed by atoms with Crippen LogP contribution in [0.5, 0.6) is 5.75 Å². The van der Waals surface area contributed by atoms with Crippen molar-refractivity contribution in [1.82, 2.24) is 4.57 Å². The molecule has 0 aliphatic heterocycles. The Hall–Kier alpha value is -3.61. The van der Waals surface area contributed by atoms with Gasteiger partial charge in [-0.05, 0) is 31.2 Å². The van der Waals surface area contributed by atoms with E-state index < -0.39 is 23.1 Å². The molecule has 1 aromatic heterocycles. The molecule has 0 spiro atoms. The lowest BCUT2D eigenvalue weighted by atomic mass is 10.1. The maximum absolute atomic E-state index is 12.7. The number of pyridine rings is 1. The van der Waals surface area contributed by atoms with Crippen molar-refractivity contribution in [3.8, 4) is 5.75 Å².